The Hall–Kier alpha value is -1.13. The van der Waals surface area contributed by atoms with Gasteiger partial charge in [-0.15, -0.1) is 0 Å². The van der Waals surface area contributed by atoms with Crippen molar-refractivity contribution in [2.75, 3.05) is 31.6 Å². The summed E-state index contributed by atoms with van der Waals surface area (Å²) in [6, 6.07) is 2.09. The highest BCUT2D eigenvalue weighted by Gasteiger charge is 2.40. The van der Waals surface area contributed by atoms with E-state index in [9.17, 15) is 38.1 Å². The van der Waals surface area contributed by atoms with Crippen LogP contribution in [0.2, 0.25) is 0 Å². The molecule has 0 aliphatic rings. The molecular formula is C12H19FN2O8S4. The fourth-order valence-corrected chi connectivity index (χ4v) is 8.41. The molecule has 1 unspecified atom stereocenters. The van der Waals surface area contributed by atoms with E-state index in [1.165, 1.54) is 0 Å². The molecule has 0 bridgehead atoms. The van der Waals surface area contributed by atoms with E-state index in [1.807, 2.05) is 0 Å². The van der Waals surface area contributed by atoms with Crippen LogP contribution in [0.4, 0.5) is 4.39 Å². The van der Waals surface area contributed by atoms with Crippen LogP contribution in [0.1, 0.15) is 11.6 Å². The standard InChI is InChI=1S/C12H19FN2O8S4/c1-24(16,17)14(25(2,18)19)9-12(10-5-7-11(13)8-6-10)15(26(3,20)21)27(4,22)23/h5-8,12H,9H2,1-4H3. The maximum atomic E-state index is 13.2. The molecule has 1 aromatic rings. The summed E-state index contributed by atoms with van der Waals surface area (Å²) in [5.41, 5.74) is -0.121. The number of benzene rings is 1. The van der Waals surface area contributed by atoms with E-state index in [1.54, 1.807) is 0 Å². The maximum absolute atomic E-state index is 13.2. The van der Waals surface area contributed by atoms with Crippen LogP contribution in [0.25, 0.3) is 0 Å². The number of nitrogens with zero attached hydrogens (tertiary/aromatic N) is 2. The Morgan fingerprint density at radius 2 is 1.11 bits per heavy atom. The summed E-state index contributed by atoms with van der Waals surface area (Å²) in [7, 11) is -17.8. The lowest BCUT2D eigenvalue weighted by Crippen LogP contribution is -2.46. The molecule has 1 rings (SSSR count). The Labute approximate surface area is 158 Å². The van der Waals surface area contributed by atoms with Crippen LogP contribution in [0, 0.1) is 5.82 Å². The molecule has 0 aliphatic carbocycles. The van der Waals surface area contributed by atoms with Gasteiger partial charge in [0.1, 0.15) is 5.82 Å². The first-order valence-electron chi connectivity index (χ1n) is 6.98. The first-order valence-corrected chi connectivity index (χ1v) is 14.4. The fraction of sp³-hybridized carbons (Fsp3) is 0.500. The molecule has 0 fully saturated rings. The third kappa shape index (κ3) is 6.46. The van der Waals surface area contributed by atoms with E-state index in [0.717, 1.165) is 24.3 Å². The predicted octanol–water partition coefficient (Wildman–Crippen LogP) is -0.691. The quantitative estimate of drug-likeness (QED) is 0.490. The molecule has 0 radical (unpaired) electrons. The van der Waals surface area contributed by atoms with Gasteiger partial charge in [-0.25, -0.2) is 38.1 Å². The second-order valence-electron chi connectivity index (χ2n) is 5.80. The second kappa shape index (κ2) is 7.71. The monoisotopic (exact) mass is 466 g/mol. The summed E-state index contributed by atoms with van der Waals surface area (Å²) < 4.78 is 109. The van der Waals surface area contributed by atoms with E-state index < -0.39 is 58.5 Å². The average Bonchev–Trinajstić information content (AvgIpc) is 2.38. The van der Waals surface area contributed by atoms with Crippen molar-refractivity contribution >= 4 is 40.1 Å². The van der Waals surface area contributed by atoms with Crippen molar-refractivity contribution in [3.63, 3.8) is 0 Å². The van der Waals surface area contributed by atoms with Gasteiger partial charge in [-0.05, 0) is 17.7 Å². The van der Waals surface area contributed by atoms with Gasteiger partial charge in [0.25, 0.3) is 0 Å². The normalized spacial score (nSPS) is 15.2. The van der Waals surface area contributed by atoms with Gasteiger partial charge in [0, 0.05) is 0 Å². The Kier molecular flexibility index (Phi) is 6.83. The molecular weight excluding hydrogens is 447 g/mol. The van der Waals surface area contributed by atoms with Crippen molar-refractivity contribution in [1.29, 1.82) is 0 Å². The molecule has 0 saturated carbocycles. The zero-order chi connectivity index (χ0) is 21.4. The molecule has 15 heteroatoms. The molecule has 0 saturated heterocycles. The third-order valence-electron chi connectivity index (χ3n) is 3.22. The van der Waals surface area contributed by atoms with Crippen LogP contribution in [0.5, 0.6) is 0 Å². The second-order valence-corrected chi connectivity index (χ2v) is 13.8. The van der Waals surface area contributed by atoms with Crippen LogP contribution in [-0.4, -0.2) is 72.7 Å². The largest absolute Gasteiger partial charge is 0.224 e. The summed E-state index contributed by atoms with van der Waals surface area (Å²) in [6.07, 6.45) is 2.27. The van der Waals surface area contributed by atoms with Gasteiger partial charge in [-0.2, -0.15) is 0 Å². The molecule has 10 nitrogen and oxygen atoms in total. The molecule has 0 aromatic heterocycles. The van der Waals surface area contributed by atoms with Crippen molar-refractivity contribution in [2.45, 2.75) is 6.04 Å². The van der Waals surface area contributed by atoms with Gasteiger partial charge < -0.3 is 0 Å². The van der Waals surface area contributed by atoms with E-state index in [0.29, 0.717) is 25.0 Å². The van der Waals surface area contributed by atoms with Crippen LogP contribution >= 0.6 is 0 Å². The molecule has 0 N–H and O–H groups in total. The Balaban J connectivity index is 3.77. The topological polar surface area (TPSA) is 143 Å². The van der Waals surface area contributed by atoms with Crippen LogP contribution in [0.15, 0.2) is 24.3 Å². The van der Waals surface area contributed by atoms with Crippen molar-refractivity contribution in [3.05, 3.63) is 35.6 Å². The van der Waals surface area contributed by atoms with Crippen LogP contribution in [0.3, 0.4) is 0 Å². The van der Waals surface area contributed by atoms with Gasteiger partial charge in [0.05, 0.1) is 37.6 Å². The lowest BCUT2D eigenvalue weighted by molar-refractivity contribution is 0.388. The molecule has 0 spiro atoms. The highest BCUT2D eigenvalue weighted by molar-refractivity contribution is 8.04. The van der Waals surface area contributed by atoms with Crippen LogP contribution in [-0.2, 0) is 40.1 Å². The Bertz CT molecular complexity index is 1050. The SMILES string of the molecule is CS(=O)(=O)N(CC(c1ccc(F)cc1)N(S(C)(=O)=O)S(C)(=O)=O)S(C)(=O)=O. The van der Waals surface area contributed by atoms with Gasteiger partial charge in [0.15, 0.2) is 0 Å². The van der Waals surface area contributed by atoms with Gasteiger partial charge in [-0.1, -0.05) is 19.6 Å². The first kappa shape index (κ1) is 23.9. The van der Waals surface area contributed by atoms with Gasteiger partial charge in [0.2, 0.25) is 40.1 Å². The fourth-order valence-electron chi connectivity index (χ4n) is 2.34. The average molecular weight is 467 g/mol. The molecule has 1 aromatic carbocycles. The number of halogens is 1. The predicted molar refractivity (Wildman–Crippen MR) is 97.1 cm³/mol. The van der Waals surface area contributed by atoms with Gasteiger partial charge in [-0.3, -0.25) is 0 Å². The highest BCUT2D eigenvalue weighted by Crippen LogP contribution is 2.29. The van der Waals surface area contributed by atoms with Crippen molar-refractivity contribution < 1.29 is 38.1 Å². The third-order valence-corrected chi connectivity index (χ3v) is 10.1. The van der Waals surface area contributed by atoms with Gasteiger partial charge >= 0.3 is 0 Å². The zero-order valence-corrected chi connectivity index (χ0v) is 18.0. The molecule has 1 atom stereocenters. The Morgan fingerprint density at radius 3 is 1.41 bits per heavy atom. The summed E-state index contributed by atoms with van der Waals surface area (Å²) in [5, 5.41) is 0. The van der Waals surface area contributed by atoms with Crippen molar-refractivity contribution in [2.24, 2.45) is 0 Å². The number of hydrogen-bond acceptors (Lipinski definition) is 8. The molecule has 156 valence electrons. The number of hydrogen-bond donors (Lipinski definition) is 0. The summed E-state index contributed by atoms with van der Waals surface area (Å²) in [5.74, 6) is -0.717. The number of sulfonamides is 4. The Morgan fingerprint density at radius 1 is 0.741 bits per heavy atom. The molecule has 27 heavy (non-hydrogen) atoms. The number of rotatable bonds is 8. The summed E-state index contributed by atoms with van der Waals surface area (Å²) >= 11 is 0. The first-order chi connectivity index (χ1) is 11.8. The molecule has 0 heterocycles. The highest BCUT2D eigenvalue weighted by atomic mass is 32.3. The summed E-state index contributed by atoms with van der Waals surface area (Å²) in [6.45, 7) is -1.05. The maximum Gasteiger partial charge on any atom is 0.224 e. The van der Waals surface area contributed by atoms with E-state index in [2.05, 4.69) is 0 Å². The van der Waals surface area contributed by atoms with E-state index in [-0.39, 0.29) is 13.0 Å². The van der Waals surface area contributed by atoms with Crippen molar-refractivity contribution in [1.82, 2.24) is 7.42 Å². The molecule has 0 aliphatic heterocycles. The van der Waals surface area contributed by atoms with Crippen LogP contribution < -0.4 is 0 Å². The van der Waals surface area contributed by atoms with Crippen molar-refractivity contribution in [3.8, 4) is 0 Å². The van der Waals surface area contributed by atoms with E-state index >= 15 is 0 Å². The molecule has 0 amide bonds. The smallest absolute Gasteiger partial charge is 0.212 e. The lowest BCUT2D eigenvalue weighted by atomic mass is 10.1. The summed E-state index contributed by atoms with van der Waals surface area (Å²) in [4.78, 5) is 0. The minimum atomic E-state index is -4.48. The minimum Gasteiger partial charge on any atom is -0.212 e. The van der Waals surface area contributed by atoms with E-state index in [4.69, 9.17) is 0 Å². The lowest BCUT2D eigenvalue weighted by Gasteiger charge is -2.31. The minimum absolute atomic E-state index is 0.00337. The zero-order valence-electron chi connectivity index (χ0n) is 14.8.